The molecule has 23 heavy (non-hydrogen) atoms. The molecule has 1 N–H and O–H groups in total. The molecule has 2 heterocycles. The van der Waals surface area contributed by atoms with E-state index in [0.717, 1.165) is 11.3 Å². The molecule has 1 atom stereocenters. The lowest BCUT2D eigenvalue weighted by Gasteiger charge is -2.10. The summed E-state index contributed by atoms with van der Waals surface area (Å²) in [4.78, 5) is 12.0. The SMILES string of the molecule is O=C(Cc1ccc(-n2cccn2)cc1)NC[C@H]1CCS(=O)(=O)C1. The van der Waals surface area contributed by atoms with Gasteiger partial charge in [-0.1, -0.05) is 12.1 Å². The van der Waals surface area contributed by atoms with Crippen LogP contribution in [-0.4, -0.2) is 42.2 Å². The molecule has 3 rings (SSSR count). The number of aromatic nitrogens is 2. The highest BCUT2D eigenvalue weighted by atomic mass is 32.2. The second-order valence-electron chi connectivity index (χ2n) is 5.87. The molecular weight excluding hydrogens is 314 g/mol. The summed E-state index contributed by atoms with van der Waals surface area (Å²) in [6.45, 7) is 0.434. The molecular formula is C16H19N3O3S. The lowest BCUT2D eigenvalue weighted by Crippen LogP contribution is -2.31. The van der Waals surface area contributed by atoms with E-state index in [4.69, 9.17) is 0 Å². The highest BCUT2D eigenvalue weighted by Crippen LogP contribution is 2.17. The van der Waals surface area contributed by atoms with Crippen LogP contribution in [0, 0.1) is 5.92 Å². The van der Waals surface area contributed by atoms with Gasteiger partial charge in [0.1, 0.15) is 0 Å². The number of rotatable bonds is 5. The van der Waals surface area contributed by atoms with Crippen LogP contribution in [0.2, 0.25) is 0 Å². The van der Waals surface area contributed by atoms with Crippen LogP contribution in [0.15, 0.2) is 42.7 Å². The van der Waals surface area contributed by atoms with Crippen LogP contribution < -0.4 is 5.32 Å². The van der Waals surface area contributed by atoms with Gasteiger partial charge in [0, 0.05) is 18.9 Å². The molecule has 1 aromatic carbocycles. The Kier molecular flexibility index (Phi) is 4.47. The molecule has 1 fully saturated rings. The number of carbonyl (C=O) groups is 1. The molecule has 1 amide bonds. The largest absolute Gasteiger partial charge is 0.356 e. The second kappa shape index (κ2) is 6.54. The van der Waals surface area contributed by atoms with Crippen molar-refractivity contribution in [2.24, 2.45) is 5.92 Å². The van der Waals surface area contributed by atoms with E-state index in [-0.39, 0.29) is 23.3 Å². The first-order valence-corrected chi connectivity index (χ1v) is 9.40. The first kappa shape index (κ1) is 15.7. The number of carbonyl (C=O) groups excluding carboxylic acids is 1. The maximum Gasteiger partial charge on any atom is 0.224 e. The van der Waals surface area contributed by atoms with Crippen molar-refractivity contribution >= 4 is 15.7 Å². The zero-order valence-corrected chi connectivity index (χ0v) is 13.5. The summed E-state index contributed by atoms with van der Waals surface area (Å²) in [5.74, 6) is 0.390. The summed E-state index contributed by atoms with van der Waals surface area (Å²) in [5.41, 5.74) is 1.85. The second-order valence-corrected chi connectivity index (χ2v) is 8.10. The summed E-state index contributed by atoms with van der Waals surface area (Å²) in [6, 6.07) is 9.48. The summed E-state index contributed by atoms with van der Waals surface area (Å²) in [6.07, 6.45) is 4.50. The lowest BCUT2D eigenvalue weighted by atomic mass is 10.1. The van der Waals surface area contributed by atoms with Gasteiger partial charge in [-0.15, -0.1) is 0 Å². The van der Waals surface area contributed by atoms with Gasteiger partial charge in [-0.05, 0) is 36.1 Å². The van der Waals surface area contributed by atoms with Crippen LogP contribution in [0.4, 0.5) is 0 Å². The van der Waals surface area contributed by atoms with Gasteiger partial charge in [-0.2, -0.15) is 5.10 Å². The number of hydrogen-bond donors (Lipinski definition) is 1. The number of hydrogen-bond acceptors (Lipinski definition) is 4. The Morgan fingerprint density at radius 1 is 1.30 bits per heavy atom. The van der Waals surface area contributed by atoms with Gasteiger partial charge in [-0.25, -0.2) is 13.1 Å². The van der Waals surface area contributed by atoms with E-state index in [2.05, 4.69) is 10.4 Å². The molecule has 1 aromatic heterocycles. The quantitative estimate of drug-likeness (QED) is 0.884. The summed E-state index contributed by atoms with van der Waals surface area (Å²) in [7, 11) is -2.89. The van der Waals surface area contributed by atoms with Crippen LogP contribution in [0.5, 0.6) is 0 Å². The summed E-state index contributed by atoms with van der Waals surface area (Å²) >= 11 is 0. The van der Waals surface area contributed by atoms with Crippen molar-refractivity contribution in [2.45, 2.75) is 12.8 Å². The van der Waals surface area contributed by atoms with E-state index in [1.807, 2.05) is 36.5 Å². The maximum absolute atomic E-state index is 12.0. The highest BCUT2D eigenvalue weighted by Gasteiger charge is 2.27. The van der Waals surface area contributed by atoms with E-state index in [0.29, 0.717) is 19.4 Å². The van der Waals surface area contributed by atoms with E-state index in [1.54, 1.807) is 10.9 Å². The molecule has 1 aliphatic rings. The van der Waals surface area contributed by atoms with Crippen molar-refractivity contribution < 1.29 is 13.2 Å². The van der Waals surface area contributed by atoms with Crippen molar-refractivity contribution in [3.63, 3.8) is 0 Å². The van der Waals surface area contributed by atoms with Crippen molar-refractivity contribution in [3.8, 4) is 5.69 Å². The normalized spacial score (nSPS) is 19.6. The van der Waals surface area contributed by atoms with Crippen LogP contribution in [0.25, 0.3) is 5.69 Å². The fraction of sp³-hybridized carbons (Fsp3) is 0.375. The van der Waals surface area contributed by atoms with Gasteiger partial charge < -0.3 is 5.32 Å². The third-order valence-electron chi connectivity index (χ3n) is 3.98. The van der Waals surface area contributed by atoms with E-state index in [9.17, 15) is 13.2 Å². The van der Waals surface area contributed by atoms with Gasteiger partial charge in [0.25, 0.3) is 0 Å². The third kappa shape index (κ3) is 4.19. The summed E-state index contributed by atoms with van der Waals surface area (Å²) < 4.78 is 24.5. The molecule has 0 radical (unpaired) electrons. The average molecular weight is 333 g/mol. The van der Waals surface area contributed by atoms with E-state index in [1.165, 1.54) is 0 Å². The zero-order chi connectivity index (χ0) is 16.3. The van der Waals surface area contributed by atoms with Crippen molar-refractivity contribution in [1.29, 1.82) is 0 Å². The van der Waals surface area contributed by atoms with Crippen molar-refractivity contribution in [3.05, 3.63) is 48.3 Å². The molecule has 1 saturated heterocycles. The lowest BCUT2D eigenvalue weighted by molar-refractivity contribution is -0.120. The van der Waals surface area contributed by atoms with E-state index >= 15 is 0 Å². The monoisotopic (exact) mass is 333 g/mol. The standard InChI is InChI=1S/C16H19N3O3S/c20-16(17-11-14-6-9-23(21,22)12-14)10-13-2-4-15(5-3-13)19-8-1-7-18-19/h1-5,7-8,14H,6,9-12H2,(H,17,20)/t14-/m1/s1. The molecule has 6 nitrogen and oxygen atoms in total. The van der Waals surface area contributed by atoms with Gasteiger partial charge in [0.15, 0.2) is 9.84 Å². The molecule has 0 bridgehead atoms. The Hall–Kier alpha value is -2.15. The Morgan fingerprint density at radius 3 is 2.70 bits per heavy atom. The molecule has 0 saturated carbocycles. The molecule has 122 valence electrons. The minimum atomic E-state index is -2.89. The van der Waals surface area contributed by atoms with Crippen LogP contribution >= 0.6 is 0 Å². The number of amides is 1. The Labute approximate surface area is 135 Å². The zero-order valence-electron chi connectivity index (χ0n) is 12.7. The third-order valence-corrected chi connectivity index (χ3v) is 5.82. The molecule has 0 unspecified atom stereocenters. The van der Waals surface area contributed by atoms with Crippen LogP contribution in [0.1, 0.15) is 12.0 Å². The number of benzene rings is 1. The number of nitrogens with one attached hydrogen (secondary N) is 1. The molecule has 1 aliphatic heterocycles. The Bertz CT molecular complexity index is 767. The first-order valence-electron chi connectivity index (χ1n) is 7.58. The molecule has 0 spiro atoms. The Balaban J connectivity index is 1.50. The fourth-order valence-corrected chi connectivity index (χ4v) is 4.59. The smallest absolute Gasteiger partial charge is 0.224 e. The van der Waals surface area contributed by atoms with Gasteiger partial charge in [0.2, 0.25) is 5.91 Å². The fourth-order valence-electron chi connectivity index (χ4n) is 2.73. The molecule has 0 aliphatic carbocycles. The minimum absolute atomic E-state index is 0.0474. The van der Waals surface area contributed by atoms with Crippen LogP contribution in [0.3, 0.4) is 0 Å². The number of nitrogens with zero attached hydrogens (tertiary/aromatic N) is 2. The highest BCUT2D eigenvalue weighted by molar-refractivity contribution is 7.91. The average Bonchev–Trinajstić information content (AvgIpc) is 3.15. The molecule has 7 heteroatoms. The molecule has 2 aromatic rings. The topological polar surface area (TPSA) is 81.1 Å². The van der Waals surface area contributed by atoms with Gasteiger partial charge >= 0.3 is 0 Å². The van der Waals surface area contributed by atoms with Crippen molar-refractivity contribution in [2.75, 3.05) is 18.1 Å². The number of sulfone groups is 1. The predicted molar refractivity (Wildman–Crippen MR) is 87.0 cm³/mol. The Morgan fingerprint density at radius 2 is 2.09 bits per heavy atom. The van der Waals surface area contributed by atoms with E-state index < -0.39 is 9.84 Å². The first-order chi connectivity index (χ1) is 11.0. The predicted octanol–water partition coefficient (Wildman–Crippen LogP) is 0.966. The maximum atomic E-state index is 12.0. The minimum Gasteiger partial charge on any atom is -0.356 e. The van der Waals surface area contributed by atoms with Gasteiger partial charge in [-0.3, -0.25) is 4.79 Å². The van der Waals surface area contributed by atoms with Gasteiger partial charge in [0.05, 0.1) is 23.6 Å². The van der Waals surface area contributed by atoms with Crippen LogP contribution in [-0.2, 0) is 21.1 Å². The van der Waals surface area contributed by atoms with Crippen molar-refractivity contribution in [1.82, 2.24) is 15.1 Å². The summed E-state index contributed by atoms with van der Waals surface area (Å²) in [5, 5.41) is 6.98.